The van der Waals surface area contributed by atoms with E-state index in [-0.39, 0.29) is 11.9 Å². The molecule has 0 atom stereocenters. The lowest BCUT2D eigenvalue weighted by Crippen LogP contribution is -2.28. The van der Waals surface area contributed by atoms with Crippen LogP contribution in [0.3, 0.4) is 0 Å². The minimum atomic E-state index is -0.288. The molecule has 0 aliphatic heterocycles. The van der Waals surface area contributed by atoms with E-state index in [1.165, 1.54) is 0 Å². The number of carbonyl (C=O) groups excluding carboxylic acids is 2. The third-order valence-electron chi connectivity index (χ3n) is 4.44. The molecule has 0 fully saturated rings. The van der Waals surface area contributed by atoms with E-state index in [0.29, 0.717) is 29.9 Å². The smallest absolute Gasteiger partial charge is 0.319 e. The van der Waals surface area contributed by atoms with Crippen LogP contribution in [0.15, 0.2) is 54.7 Å². The van der Waals surface area contributed by atoms with Gasteiger partial charge in [0, 0.05) is 17.9 Å². The van der Waals surface area contributed by atoms with Crippen molar-refractivity contribution in [1.29, 1.82) is 0 Å². The van der Waals surface area contributed by atoms with Gasteiger partial charge >= 0.3 is 6.03 Å². The number of anilines is 2. The number of nitrogens with one attached hydrogen (secondary N) is 3. The maximum Gasteiger partial charge on any atom is 0.319 e. The van der Waals surface area contributed by atoms with Gasteiger partial charge in [0.25, 0.3) is 5.91 Å². The fraction of sp³-hybridized carbons (Fsp3) is 0.227. The topological polar surface area (TPSA) is 88.1 Å². The fourth-order valence-electron chi connectivity index (χ4n) is 3.02. The molecule has 0 aliphatic carbocycles. The van der Waals surface area contributed by atoms with E-state index < -0.39 is 0 Å². The molecule has 0 bridgehead atoms. The van der Waals surface area contributed by atoms with Gasteiger partial charge in [-0.1, -0.05) is 30.7 Å². The van der Waals surface area contributed by atoms with Crippen LogP contribution in [0, 0.1) is 6.92 Å². The normalized spacial score (nSPS) is 10.4. The van der Waals surface area contributed by atoms with Crippen molar-refractivity contribution in [3.63, 3.8) is 0 Å². The Kier molecular flexibility index (Phi) is 6.29. The first-order valence-electron chi connectivity index (χ1n) is 9.62. The second kappa shape index (κ2) is 9.05. The molecular formula is C22H25N5O2. The summed E-state index contributed by atoms with van der Waals surface area (Å²) in [6.07, 6.45) is 2.25. The molecule has 0 spiro atoms. The zero-order chi connectivity index (χ0) is 20.8. The molecule has 0 radical (unpaired) electrons. The fourth-order valence-corrected chi connectivity index (χ4v) is 3.02. The van der Waals surface area contributed by atoms with Gasteiger partial charge in [-0.25, -0.2) is 9.48 Å². The zero-order valence-corrected chi connectivity index (χ0v) is 16.8. The van der Waals surface area contributed by atoms with Crippen LogP contribution in [0.5, 0.6) is 0 Å². The number of aryl methyl sites for hydroxylation is 1. The number of amides is 3. The molecule has 0 saturated carbocycles. The molecule has 0 saturated heterocycles. The molecule has 1 heterocycles. The minimum absolute atomic E-state index is 0.240. The molecular weight excluding hydrogens is 366 g/mol. The van der Waals surface area contributed by atoms with E-state index in [1.807, 2.05) is 45.0 Å². The summed E-state index contributed by atoms with van der Waals surface area (Å²) < 4.78 is 1.79. The monoisotopic (exact) mass is 391 g/mol. The van der Waals surface area contributed by atoms with Crippen LogP contribution in [-0.2, 0) is 6.42 Å². The number of hydrogen-bond donors (Lipinski definition) is 3. The van der Waals surface area contributed by atoms with Crippen LogP contribution in [0.4, 0.5) is 16.2 Å². The number of benzene rings is 2. The quantitative estimate of drug-likeness (QED) is 0.590. The highest BCUT2D eigenvalue weighted by Crippen LogP contribution is 2.20. The van der Waals surface area contributed by atoms with Crippen molar-refractivity contribution in [3.05, 3.63) is 71.5 Å². The SMILES string of the molecule is CCNC(=O)Nc1cccc(NC(=O)c2cnn(-c3ccc(C)cc3)c2CC)c1. The lowest BCUT2D eigenvalue weighted by molar-refractivity contribution is 0.102. The second-order valence-electron chi connectivity index (χ2n) is 6.63. The van der Waals surface area contributed by atoms with Crippen LogP contribution in [-0.4, -0.2) is 28.3 Å². The van der Waals surface area contributed by atoms with E-state index >= 15 is 0 Å². The lowest BCUT2D eigenvalue weighted by atomic mass is 10.1. The van der Waals surface area contributed by atoms with E-state index in [9.17, 15) is 9.59 Å². The van der Waals surface area contributed by atoms with E-state index in [1.54, 1.807) is 35.1 Å². The zero-order valence-electron chi connectivity index (χ0n) is 16.8. The molecule has 3 amide bonds. The highest BCUT2D eigenvalue weighted by molar-refractivity contribution is 6.05. The second-order valence-corrected chi connectivity index (χ2v) is 6.63. The van der Waals surface area contributed by atoms with Crippen molar-refractivity contribution in [1.82, 2.24) is 15.1 Å². The molecule has 150 valence electrons. The molecule has 7 heteroatoms. The van der Waals surface area contributed by atoms with Gasteiger partial charge in [-0.2, -0.15) is 5.10 Å². The largest absolute Gasteiger partial charge is 0.338 e. The van der Waals surface area contributed by atoms with Gasteiger partial charge in [-0.05, 0) is 50.6 Å². The summed E-state index contributed by atoms with van der Waals surface area (Å²) in [4.78, 5) is 24.6. The molecule has 0 unspecified atom stereocenters. The first-order chi connectivity index (χ1) is 14.0. The van der Waals surface area contributed by atoms with Crippen LogP contribution >= 0.6 is 0 Å². The Labute approximate surface area is 170 Å². The maximum absolute atomic E-state index is 12.9. The molecule has 3 aromatic rings. The van der Waals surface area contributed by atoms with Crippen LogP contribution in [0.1, 0.15) is 35.5 Å². The molecule has 29 heavy (non-hydrogen) atoms. The molecule has 7 nitrogen and oxygen atoms in total. The van der Waals surface area contributed by atoms with Crippen LogP contribution in [0.2, 0.25) is 0 Å². The first kappa shape index (κ1) is 20.1. The Morgan fingerprint density at radius 1 is 1.00 bits per heavy atom. The van der Waals surface area contributed by atoms with Crippen molar-refractivity contribution in [2.24, 2.45) is 0 Å². The van der Waals surface area contributed by atoms with Gasteiger partial charge in [0.1, 0.15) is 0 Å². The Morgan fingerprint density at radius 2 is 1.69 bits per heavy atom. The summed E-state index contributed by atoms with van der Waals surface area (Å²) in [6, 6.07) is 14.7. The van der Waals surface area contributed by atoms with Gasteiger partial charge in [0.2, 0.25) is 0 Å². The number of urea groups is 1. The van der Waals surface area contributed by atoms with Crippen molar-refractivity contribution in [2.75, 3.05) is 17.2 Å². The van der Waals surface area contributed by atoms with Gasteiger partial charge in [-0.15, -0.1) is 0 Å². The summed E-state index contributed by atoms with van der Waals surface area (Å²) in [7, 11) is 0. The summed E-state index contributed by atoms with van der Waals surface area (Å²) in [5, 5.41) is 12.7. The highest BCUT2D eigenvalue weighted by Gasteiger charge is 2.17. The lowest BCUT2D eigenvalue weighted by Gasteiger charge is -2.10. The van der Waals surface area contributed by atoms with Gasteiger partial charge < -0.3 is 16.0 Å². The Bertz CT molecular complexity index is 1010. The Balaban J connectivity index is 1.79. The summed E-state index contributed by atoms with van der Waals surface area (Å²) in [6.45, 7) is 6.40. The van der Waals surface area contributed by atoms with E-state index in [2.05, 4.69) is 21.0 Å². The highest BCUT2D eigenvalue weighted by atomic mass is 16.2. The number of nitrogens with zero attached hydrogens (tertiary/aromatic N) is 2. The molecule has 3 N–H and O–H groups in total. The Hall–Kier alpha value is -3.61. The predicted molar refractivity (Wildman–Crippen MR) is 115 cm³/mol. The summed E-state index contributed by atoms with van der Waals surface area (Å²) in [5.74, 6) is -0.240. The first-order valence-corrected chi connectivity index (χ1v) is 9.62. The number of aromatic nitrogens is 2. The van der Waals surface area contributed by atoms with Gasteiger partial charge in [0.15, 0.2) is 0 Å². The maximum atomic E-state index is 12.9. The number of rotatable bonds is 6. The molecule has 0 aliphatic rings. The molecule has 1 aromatic heterocycles. The van der Waals surface area contributed by atoms with Crippen LogP contribution < -0.4 is 16.0 Å². The van der Waals surface area contributed by atoms with Crippen LogP contribution in [0.25, 0.3) is 5.69 Å². The third kappa shape index (κ3) is 4.82. The Morgan fingerprint density at radius 3 is 2.34 bits per heavy atom. The van der Waals surface area contributed by atoms with E-state index in [0.717, 1.165) is 16.9 Å². The van der Waals surface area contributed by atoms with Gasteiger partial charge in [-0.3, -0.25) is 4.79 Å². The van der Waals surface area contributed by atoms with Crippen molar-refractivity contribution in [3.8, 4) is 5.69 Å². The minimum Gasteiger partial charge on any atom is -0.338 e. The van der Waals surface area contributed by atoms with Crippen molar-refractivity contribution in [2.45, 2.75) is 27.2 Å². The van der Waals surface area contributed by atoms with E-state index in [4.69, 9.17) is 0 Å². The predicted octanol–water partition coefficient (Wildman–Crippen LogP) is 4.14. The number of hydrogen-bond acceptors (Lipinski definition) is 3. The van der Waals surface area contributed by atoms with Crippen molar-refractivity contribution < 1.29 is 9.59 Å². The van der Waals surface area contributed by atoms with Gasteiger partial charge in [0.05, 0.1) is 23.1 Å². The average molecular weight is 391 g/mol. The summed E-state index contributed by atoms with van der Waals surface area (Å²) in [5.41, 5.74) is 4.63. The third-order valence-corrected chi connectivity index (χ3v) is 4.44. The van der Waals surface area contributed by atoms with Crippen molar-refractivity contribution >= 4 is 23.3 Å². The standard InChI is InChI=1S/C22H25N5O2/c1-4-20-19(14-24-27(20)18-11-9-15(3)10-12-18)21(28)25-16-7-6-8-17(13-16)26-22(29)23-5-2/h6-14H,4-5H2,1-3H3,(H,25,28)(H2,23,26,29). The molecule has 3 rings (SSSR count). The summed E-state index contributed by atoms with van der Waals surface area (Å²) >= 11 is 0. The number of carbonyl (C=O) groups is 2. The molecule has 2 aromatic carbocycles. The average Bonchev–Trinajstić information content (AvgIpc) is 3.13.